The van der Waals surface area contributed by atoms with E-state index in [9.17, 15) is 9.59 Å². The Bertz CT molecular complexity index is 1020. The first-order chi connectivity index (χ1) is 15.2. The highest BCUT2D eigenvalue weighted by molar-refractivity contribution is 7.10. The Morgan fingerprint density at radius 3 is 2.55 bits per heavy atom. The summed E-state index contributed by atoms with van der Waals surface area (Å²) in [6, 6.07) is 16.7. The topological polar surface area (TPSA) is 71.5 Å². The van der Waals surface area contributed by atoms with E-state index in [1.165, 1.54) is 0 Å². The number of carbonyl (C=O) groups is 2. The van der Waals surface area contributed by atoms with Crippen LogP contribution in [0.2, 0.25) is 0 Å². The molecule has 0 aliphatic carbocycles. The second kappa shape index (κ2) is 9.75. The molecular weight excluding hydrogens is 410 g/mol. The number of likely N-dealkylation sites (tertiary alicyclic amines) is 1. The molecule has 1 aromatic carbocycles. The van der Waals surface area contributed by atoms with Gasteiger partial charge in [0.25, 0.3) is 5.91 Å². The first-order valence-electron chi connectivity index (χ1n) is 10.3. The Morgan fingerprint density at radius 2 is 1.87 bits per heavy atom. The van der Waals surface area contributed by atoms with E-state index >= 15 is 0 Å². The van der Waals surface area contributed by atoms with E-state index in [0.29, 0.717) is 37.2 Å². The van der Waals surface area contributed by atoms with Gasteiger partial charge < -0.3 is 15.0 Å². The summed E-state index contributed by atoms with van der Waals surface area (Å²) in [5, 5.41) is 5.18. The number of benzene rings is 1. The maximum atomic E-state index is 13.1. The SMILES string of the molecule is COc1ccccc1C(=O)N1CCC(C(=O)NC(c2ccccn2)c2cccs2)CC1. The molecule has 1 unspecified atom stereocenters. The number of amides is 2. The van der Waals surface area contributed by atoms with Gasteiger partial charge in [0.2, 0.25) is 5.91 Å². The average Bonchev–Trinajstić information content (AvgIpc) is 3.37. The standard InChI is InChI=1S/C24H25N3O3S/c1-30-20-9-3-2-7-18(20)24(29)27-14-11-17(12-15-27)23(28)26-22(21-10-6-16-31-21)19-8-4-5-13-25-19/h2-10,13,16-17,22H,11-12,14-15H2,1H3,(H,26,28). The molecule has 2 amide bonds. The number of aromatic nitrogens is 1. The number of nitrogens with one attached hydrogen (secondary N) is 1. The molecular formula is C24H25N3O3S. The number of hydrogen-bond donors (Lipinski definition) is 1. The lowest BCUT2D eigenvalue weighted by Gasteiger charge is -2.32. The summed E-state index contributed by atoms with van der Waals surface area (Å²) in [6.45, 7) is 1.09. The van der Waals surface area contributed by atoms with Crippen LogP contribution in [0.15, 0.2) is 66.2 Å². The molecule has 7 heteroatoms. The van der Waals surface area contributed by atoms with Crippen LogP contribution in [0, 0.1) is 5.92 Å². The van der Waals surface area contributed by atoms with Gasteiger partial charge in [0, 0.05) is 30.1 Å². The zero-order chi connectivity index (χ0) is 21.6. The second-order valence-electron chi connectivity index (χ2n) is 7.48. The normalized spacial score (nSPS) is 15.3. The number of pyridine rings is 1. The number of hydrogen-bond acceptors (Lipinski definition) is 5. The Morgan fingerprint density at radius 1 is 1.10 bits per heavy atom. The molecule has 1 N–H and O–H groups in total. The number of piperidine rings is 1. The van der Waals surface area contributed by atoms with E-state index in [-0.39, 0.29) is 23.8 Å². The van der Waals surface area contributed by atoms with Crippen molar-refractivity contribution in [3.63, 3.8) is 0 Å². The summed E-state index contributed by atoms with van der Waals surface area (Å²) in [4.78, 5) is 33.3. The van der Waals surface area contributed by atoms with Crippen molar-refractivity contribution >= 4 is 23.2 Å². The summed E-state index contributed by atoms with van der Waals surface area (Å²) in [5.74, 6) is 0.393. The molecule has 31 heavy (non-hydrogen) atoms. The molecule has 1 fully saturated rings. The van der Waals surface area contributed by atoms with Crippen LogP contribution < -0.4 is 10.1 Å². The molecule has 0 spiro atoms. The first-order valence-corrected chi connectivity index (χ1v) is 11.2. The zero-order valence-corrected chi connectivity index (χ0v) is 18.2. The van der Waals surface area contributed by atoms with Crippen molar-refractivity contribution in [1.29, 1.82) is 0 Å². The smallest absolute Gasteiger partial charge is 0.257 e. The number of ether oxygens (including phenoxy) is 1. The zero-order valence-electron chi connectivity index (χ0n) is 17.4. The van der Waals surface area contributed by atoms with Crippen LogP contribution in [0.3, 0.4) is 0 Å². The number of methoxy groups -OCH3 is 1. The molecule has 1 aliphatic heterocycles. The number of thiophene rings is 1. The third kappa shape index (κ3) is 4.77. The minimum absolute atomic E-state index is 0.00782. The van der Waals surface area contributed by atoms with Gasteiger partial charge in [-0.3, -0.25) is 14.6 Å². The fourth-order valence-electron chi connectivity index (χ4n) is 3.89. The number of para-hydroxylation sites is 1. The van der Waals surface area contributed by atoms with E-state index in [2.05, 4.69) is 10.3 Å². The highest BCUT2D eigenvalue weighted by atomic mass is 32.1. The van der Waals surface area contributed by atoms with Crippen LogP contribution in [0.25, 0.3) is 0 Å². The van der Waals surface area contributed by atoms with Crippen molar-refractivity contribution in [3.05, 3.63) is 82.3 Å². The van der Waals surface area contributed by atoms with Crippen molar-refractivity contribution < 1.29 is 14.3 Å². The van der Waals surface area contributed by atoms with Gasteiger partial charge in [-0.05, 0) is 48.6 Å². The maximum absolute atomic E-state index is 13.1. The number of carbonyl (C=O) groups excluding carboxylic acids is 2. The molecule has 160 valence electrons. The van der Waals surface area contributed by atoms with Gasteiger partial charge in [-0.15, -0.1) is 11.3 Å². The molecule has 1 atom stereocenters. The van der Waals surface area contributed by atoms with E-state index in [1.807, 2.05) is 47.8 Å². The molecule has 6 nitrogen and oxygen atoms in total. The van der Waals surface area contributed by atoms with Gasteiger partial charge in [0.05, 0.1) is 18.4 Å². The average molecular weight is 436 g/mol. The van der Waals surface area contributed by atoms with Crippen LogP contribution >= 0.6 is 11.3 Å². The minimum atomic E-state index is -0.262. The Labute approximate surface area is 185 Å². The Kier molecular flexibility index (Phi) is 6.62. The summed E-state index contributed by atoms with van der Waals surface area (Å²) in [7, 11) is 1.56. The maximum Gasteiger partial charge on any atom is 0.257 e. The van der Waals surface area contributed by atoms with Gasteiger partial charge in [0.1, 0.15) is 11.8 Å². The molecule has 1 aliphatic rings. The predicted octanol–water partition coefficient (Wildman–Crippen LogP) is 3.91. The second-order valence-corrected chi connectivity index (χ2v) is 8.46. The fourth-order valence-corrected chi connectivity index (χ4v) is 4.68. The van der Waals surface area contributed by atoms with Gasteiger partial charge in [0.15, 0.2) is 0 Å². The van der Waals surface area contributed by atoms with Gasteiger partial charge in [-0.2, -0.15) is 0 Å². The molecule has 4 rings (SSSR count). The molecule has 1 saturated heterocycles. The summed E-state index contributed by atoms with van der Waals surface area (Å²) in [6.07, 6.45) is 3.00. The van der Waals surface area contributed by atoms with E-state index in [4.69, 9.17) is 4.74 Å². The van der Waals surface area contributed by atoms with Gasteiger partial charge >= 0.3 is 0 Å². The highest BCUT2D eigenvalue weighted by Crippen LogP contribution is 2.27. The lowest BCUT2D eigenvalue weighted by atomic mass is 9.94. The van der Waals surface area contributed by atoms with Crippen LogP contribution in [0.1, 0.15) is 39.8 Å². The van der Waals surface area contributed by atoms with Crippen molar-refractivity contribution in [3.8, 4) is 5.75 Å². The molecule has 0 radical (unpaired) electrons. The third-order valence-electron chi connectivity index (χ3n) is 5.59. The third-order valence-corrected chi connectivity index (χ3v) is 6.53. The number of nitrogens with zero attached hydrogens (tertiary/aromatic N) is 2. The summed E-state index contributed by atoms with van der Waals surface area (Å²) in [5.41, 5.74) is 1.38. The van der Waals surface area contributed by atoms with Crippen molar-refractivity contribution in [2.75, 3.05) is 20.2 Å². The quantitative estimate of drug-likeness (QED) is 0.637. The van der Waals surface area contributed by atoms with E-state index in [1.54, 1.807) is 41.7 Å². The summed E-state index contributed by atoms with van der Waals surface area (Å²) >= 11 is 1.60. The van der Waals surface area contributed by atoms with Crippen molar-refractivity contribution in [2.45, 2.75) is 18.9 Å². The molecule has 2 aromatic heterocycles. The minimum Gasteiger partial charge on any atom is -0.496 e. The van der Waals surface area contributed by atoms with Crippen LogP contribution in [-0.4, -0.2) is 41.9 Å². The Hall–Kier alpha value is -3.19. The van der Waals surface area contributed by atoms with Crippen LogP contribution in [0.4, 0.5) is 0 Å². The van der Waals surface area contributed by atoms with Crippen molar-refractivity contribution in [1.82, 2.24) is 15.2 Å². The largest absolute Gasteiger partial charge is 0.496 e. The molecule has 3 heterocycles. The number of rotatable bonds is 6. The van der Waals surface area contributed by atoms with Gasteiger partial charge in [-0.1, -0.05) is 24.3 Å². The fraction of sp³-hybridized carbons (Fsp3) is 0.292. The van der Waals surface area contributed by atoms with Crippen LogP contribution in [-0.2, 0) is 4.79 Å². The van der Waals surface area contributed by atoms with E-state index in [0.717, 1.165) is 10.6 Å². The van der Waals surface area contributed by atoms with Crippen LogP contribution in [0.5, 0.6) is 5.75 Å². The monoisotopic (exact) mass is 435 g/mol. The van der Waals surface area contributed by atoms with E-state index < -0.39 is 0 Å². The highest BCUT2D eigenvalue weighted by Gasteiger charge is 2.30. The molecule has 0 bridgehead atoms. The first kappa shape index (κ1) is 21.1. The summed E-state index contributed by atoms with van der Waals surface area (Å²) < 4.78 is 5.32. The van der Waals surface area contributed by atoms with Gasteiger partial charge in [-0.25, -0.2) is 0 Å². The molecule has 3 aromatic rings. The lowest BCUT2D eigenvalue weighted by Crippen LogP contribution is -2.44. The molecule has 0 saturated carbocycles. The van der Waals surface area contributed by atoms with Crippen molar-refractivity contribution in [2.24, 2.45) is 5.92 Å². The Balaban J connectivity index is 1.40. The lowest BCUT2D eigenvalue weighted by molar-refractivity contribution is -0.126. The predicted molar refractivity (Wildman–Crippen MR) is 120 cm³/mol.